The van der Waals surface area contributed by atoms with Crippen molar-refractivity contribution in [3.8, 4) is 11.5 Å². The topological polar surface area (TPSA) is 93.1 Å². The molecule has 0 fully saturated rings. The van der Waals surface area contributed by atoms with E-state index in [2.05, 4.69) is 0 Å². The molecule has 1 rings (SSSR count). The van der Waals surface area contributed by atoms with Gasteiger partial charge in [-0.05, 0) is 45.4 Å². The largest absolute Gasteiger partial charge is 0.493 e. The molecule has 1 N–H and O–H groups in total. The van der Waals surface area contributed by atoms with Crippen LogP contribution in [-0.2, 0) is 9.59 Å². The van der Waals surface area contributed by atoms with E-state index >= 15 is 0 Å². The number of hydrogen-bond donors (Lipinski definition) is 1. The molecular formula is C18H25NO6. The summed E-state index contributed by atoms with van der Waals surface area (Å²) in [5.74, 6) is -0.466. The maximum Gasteiger partial charge on any atom is 0.329 e. The Morgan fingerprint density at radius 2 is 1.84 bits per heavy atom. The fourth-order valence-electron chi connectivity index (χ4n) is 2.03. The van der Waals surface area contributed by atoms with Crippen molar-refractivity contribution in [2.75, 3.05) is 20.8 Å². The summed E-state index contributed by atoms with van der Waals surface area (Å²) in [5, 5.41) is 9.14. The molecule has 7 nitrogen and oxygen atoms in total. The molecule has 0 aliphatic carbocycles. The zero-order valence-corrected chi connectivity index (χ0v) is 15.3. The predicted octanol–water partition coefficient (Wildman–Crippen LogP) is 2.38. The number of amides is 1. The minimum absolute atomic E-state index is 0.0699. The van der Waals surface area contributed by atoms with Crippen LogP contribution in [0.2, 0.25) is 0 Å². The first-order valence-electron chi connectivity index (χ1n) is 7.93. The molecule has 0 saturated carbocycles. The number of carboxylic acids is 1. The minimum atomic E-state index is -1.26. The van der Waals surface area contributed by atoms with Crippen LogP contribution in [0.3, 0.4) is 0 Å². The Kier molecular flexibility index (Phi) is 6.97. The zero-order valence-electron chi connectivity index (χ0n) is 15.3. The van der Waals surface area contributed by atoms with E-state index in [-0.39, 0.29) is 24.7 Å². The molecule has 0 atom stereocenters. The van der Waals surface area contributed by atoms with Crippen molar-refractivity contribution in [3.05, 3.63) is 23.8 Å². The van der Waals surface area contributed by atoms with Crippen LogP contribution < -0.4 is 9.47 Å². The van der Waals surface area contributed by atoms with Crippen molar-refractivity contribution in [2.45, 2.75) is 39.2 Å². The molecule has 0 aromatic heterocycles. The highest BCUT2D eigenvalue weighted by molar-refractivity contribution is 5.94. The highest BCUT2D eigenvalue weighted by Gasteiger charge is 2.34. The molecule has 138 valence electrons. The number of Topliss-reactive ketones (excluding diaryl/α,β-unsaturated/α-hetero) is 1. The molecule has 0 radical (unpaired) electrons. The van der Waals surface area contributed by atoms with Crippen LogP contribution in [-0.4, -0.2) is 54.0 Å². The standard InChI is InChI=1S/C18H25NO6/c1-12(20)13-8-9-14(15(11-13)24-5)25-10-6-7-16(21)19(4)18(2,3)17(22)23/h8-9,11H,6-7,10H2,1-5H3,(H,22,23). The Morgan fingerprint density at radius 1 is 1.20 bits per heavy atom. The Morgan fingerprint density at radius 3 is 2.36 bits per heavy atom. The quantitative estimate of drug-likeness (QED) is 0.542. The lowest BCUT2D eigenvalue weighted by atomic mass is 10.0. The molecule has 0 heterocycles. The number of carboxylic acid groups (broad SMARTS) is 1. The summed E-state index contributed by atoms with van der Waals surface area (Å²) in [6.45, 7) is 4.69. The number of ketones is 1. The number of carbonyl (C=O) groups excluding carboxylic acids is 2. The summed E-state index contributed by atoms with van der Waals surface area (Å²) in [6.07, 6.45) is 0.595. The van der Waals surface area contributed by atoms with E-state index in [0.717, 1.165) is 0 Å². The van der Waals surface area contributed by atoms with Gasteiger partial charge in [0.15, 0.2) is 17.3 Å². The Labute approximate surface area is 147 Å². The van der Waals surface area contributed by atoms with Crippen LogP contribution in [0.25, 0.3) is 0 Å². The molecule has 0 aliphatic rings. The third kappa shape index (κ3) is 5.20. The molecule has 7 heteroatoms. The van der Waals surface area contributed by atoms with Gasteiger partial charge < -0.3 is 19.5 Å². The van der Waals surface area contributed by atoms with E-state index < -0.39 is 11.5 Å². The smallest absolute Gasteiger partial charge is 0.329 e. The second-order valence-electron chi connectivity index (χ2n) is 6.19. The molecule has 1 aromatic carbocycles. The van der Waals surface area contributed by atoms with E-state index in [1.807, 2.05) is 0 Å². The predicted molar refractivity (Wildman–Crippen MR) is 92.2 cm³/mol. The van der Waals surface area contributed by atoms with Crippen LogP contribution in [0.1, 0.15) is 44.0 Å². The number of rotatable bonds is 9. The highest BCUT2D eigenvalue weighted by atomic mass is 16.5. The molecule has 0 saturated heterocycles. The van der Waals surface area contributed by atoms with Gasteiger partial charge >= 0.3 is 5.97 Å². The number of benzene rings is 1. The summed E-state index contributed by atoms with van der Waals surface area (Å²) in [4.78, 5) is 35.9. The third-order valence-corrected chi connectivity index (χ3v) is 4.10. The van der Waals surface area contributed by atoms with Crippen LogP contribution >= 0.6 is 0 Å². The molecule has 1 amide bonds. The number of aliphatic carboxylic acids is 1. The first-order valence-corrected chi connectivity index (χ1v) is 7.93. The van der Waals surface area contributed by atoms with Crippen molar-refractivity contribution in [1.29, 1.82) is 0 Å². The normalized spacial score (nSPS) is 10.9. The average molecular weight is 351 g/mol. The SMILES string of the molecule is COc1cc(C(C)=O)ccc1OCCCC(=O)N(C)C(C)(C)C(=O)O. The number of carbonyl (C=O) groups is 3. The molecule has 1 aromatic rings. The van der Waals surface area contributed by atoms with Gasteiger partial charge in [0.25, 0.3) is 0 Å². The van der Waals surface area contributed by atoms with Crippen molar-refractivity contribution in [2.24, 2.45) is 0 Å². The molecular weight excluding hydrogens is 326 g/mol. The molecule has 0 aliphatic heterocycles. The Hall–Kier alpha value is -2.57. The van der Waals surface area contributed by atoms with Crippen LogP contribution in [0.4, 0.5) is 0 Å². The monoisotopic (exact) mass is 351 g/mol. The molecule has 0 spiro atoms. The number of methoxy groups -OCH3 is 1. The van der Waals surface area contributed by atoms with Crippen LogP contribution in [0.15, 0.2) is 18.2 Å². The Balaban J connectivity index is 2.57. The van der Waals surface area contributed by atoms with Crippen LogP contribution in [0.5, 0.6) is 11.5 Å². The lowest BCUT2D eigenvalue weighted by Gasteiger charge is -2.31. The maximum atomic E-state index is 12.1. The summed E-state index contributed by atoms with van der Waals surface area (Å²) < 4.78 is 10.8. The summed E-state index contributed by atoms with van der Waals surface area (Å²) in [6, 6.07) is 4.90. The van der Waals surface area contributed by atoms with Gasteiger partial charge in [-0.3, -0.25) is 9.59 Å². The maximum absolute atomic E-state index is 12.1. The molecule has 25 heavy (non-hydrogen) atoms. The van der Waals surface area contributed by atoms with Gasteiger partial charge in [0.2, 0.25) is 5.91 Å². The highest BCUT2D eigenvalue weighted by Crippen LogP contribution is 2.28. The van der Waals surface area contributed by atoms with Crippen molar-refractivity contribution in [3.63, 3.8) is 0 Å². The summed E-state index contributed by atoms with van der Waals surface area (Å²) in [5.41, 5.74) is -0.735. The first-order chi connectivity index (χ1) is 11.6. The number of likely N-dealkylation sites (N-methyl/N-ethyl adjacent to an activating group) is 1. The lowest BCUT2D eigenvalue weighted by Crippen LogP contribution is -2.50. The number of hydrogen-bond acceptors (Lipinski definition) is 5. The van der Waals surface area contributed by atoms with E-state index in [4.69, 9.17) is 14.6 Å². The van der Waals surface area contributed by atoms with E-state index in [1.54, 1.807) is 18.2 Å². The lowest BCUT2D eigenvalue weighted by molar-refractivity contribution is -0.155. The van der Waals surface area contributed by atoms with Crippen molar-refractivity contribution < 1.29 is 29.0 Å². The average Bonchev–Trinajstić information content (AvgIpc) is 2.57. The van der Waals surface area contributed by atoms with Crippen LogP contribution in [0, 0.1) is 0 Å². The minimum Gasteiger partial charge on any atom is -0.493 e. The summed E-state index contributed by atoms with van der Waals surface area (Å²) in [7, 11) is 2.96. The van der Waals surface area contributed by atoms with Gasteiger partial charge in [-0.2, -0.15) is 0 Å². The van der Waals surface area contributed by atoms with E-state index in [0.29, 0.717) is 23.5 Å². The first kappa shape index (κ1) is 20.5. The van der Waals surface area contributed by atoms with E-state index in [9.17, 15) is 14.4 Å². The number of nitrogens with zero attached hydrogens (tertiary/aromatic N) is 1. The number of ether oxygens (including phenoxy) is 2. The second-order valence-corrected chi connectivity index (χ2v) is 6.19. The molecule has 0 bridgehead atoms. The second kappa shape index (κ2) is 8.50. The van der Waals surface area contributed by atoms with E-state index in [1.165, 1.54) is 39.8 Å². The Bertz CT molecular complexity index is 653. The summed E-state index contributed by atoms with van der Waals surface area (Å²) >= 11 is 0. The fraction of sp³-hybridized carbons (Fsp3) is 0.500. The van der Waals surface area contributed by atoms with Gasteiger partial charge in [-0.1, -0.05) is 0 Å². The van der Waals surface area contributed by atoms with Gasteiger partial charge in [-0.25, -0.2) is 4.79 Å². The van der Waals surface area contributed by atoms with Gasteiger partial charge in [0, 0.05) is 19.0 Å². The van der Waals surface area contributed by atoms with Crippen molar-refractivity contribution in [1.82, 2.24) is 4.90 Å². The molecule has 0 unspecified atom stereocenters. The third-order valence-electron chi connectivity index (χ3n) is 4.10. The van der Waals surface area contributed by atoms with Gasteiger partial charge in [0.1, 0.15) is 5.54 Å². The zero-order chi connectivity index (χ0) is 19.2. The van der Waals surface area contributed by atoms with Gasteiger partial charge in [-0.15, -0.1) is 0 Å². The van der Waals surface area contributed by atoms with Gasteiger partial charge in [0.05, 0.1) is 13.7 Å². The van der Waals surface area contributed by atoms with Crippen molar-refractivity contribution >= 4 is 17.7 Å². The fourth-order valence-corrected chi connectivity index (χ4v) is 2.03.